The first-order valence-corrected chi connectivity index (χ1v) is 18.3. The van der Waals surface area contributed by atoms with Crippen LogP contribution in [0.5, 0.6) is 0 Å². The van der Waals surface area contributed by atoms with Gasteiger partial charge in [-0.05, 0) is 51.1 Å². The van der Waals surface area contributed by atoms with E-state index in [0.29, 0.717) is 0 Å². The molecule has 0 saturated heterocycles. The second-order valence-electron chi connectivity index (χ2n) is 11.7. The normalized spacial score (nSPS) is 12.0. The standard InChI is InChI=1S/C42H29NSSi/c1-4-15-30(16-5-1)43-38-24-12-10-21-34(38)37-29-33(27-28-39(37)43)45(31-17-6-2-7-18-31,32-19-8-3-9-20-32)41-26-14-23-36-35-22-11-13-25-40(35)44-42(36)41/h1-29H. The van der Waals surface area contributed by atoms with E-state index in [1.165, 1.54) is 68.4 Å². The van der Waals surface area contributed by atoms with Crippen LogP contribution in [0.3, 0.4) is 0 Å². The van der Waals surface area contributed by atoms with Gasteiger partial charge in [-0.2, -0.15) is 0 Å². The topological polar surface area (TPSA) is 4.93 Å². The van der Waals surface area contributed by atoms with Crippen LogP contribution in [0.1, 0.15) is 0 Å². The van der Waals surface area contributed by atoms with Crippen molar-refractivity contribution < 1.29 is 0 Å². The molecule has 2 aromatic heterocycles. The fourth-order valence-electron chi connectivity index (χ4n) is 7.45. The predicted octanol–water partition coefficient (Wildman–Crippen LogP) is 8.53. The first-order chi connectivity index (χ1) is 22.3. The van der Waals surface area contributed by atoms with Gasteiger partial charge >= 0.3 is 0 Å². The van der Waals surface area contributed by atoms with Gasteiger partial charge in [0.05, 0.1) is 11.0 Å². The van der Waals surface area contributed by atoms with E-state index in [0.717, 1.165) is 0 Å². The number of aromatic nitrogens is 1. The van der Waals surface area contributed by atoms with Crippen LogP contribution in [0.2, 0.25) is 0 Å². The van der Waals surface area contributed by atoms with Crippen molar-refractivity contribution in [3.63, 3.8) is 0 Å². The summed E-state index contributed by atoms with van der Waals surface area (Å²) in [6.45, 7) is 0. The summed E-state index contributed by atoms with van der Waals surface area (Å²) < 4.78 is 5.14. The maximum atomic E-state index is 2.52. The Labute approximate surface area is 267 Å². The third-order valence-corrected chi connectivity index (χ3v) is 15.5. The zero-order valence-corrected chi connectivity index (χ0v) is 26.4. The van der Waals surface area contributed by atoms with Crippen molar-refractivity contribution in [2.75, 3.05) is 0 Å². The second-order valence-corrected chi connectivity index (χ2v) is 16.5. The zero-order valence-electron chi connectivity index (χ0n) is 24.6. The van der Waals surface area contributed by atoms with Crippen molar-refractivity contribution in [2.45, 2.75) is 0 Å². The van der Waals surface area contributed by atoms with E-state index in [9.17, 15) is 0 Å². The summed E-state index contributed by atoms with van der Waals surface area (Å²) in [7, 11) is -2.80. The van der Waals surface area contributed by atoms with Gasteiger partial charge in [-0.25, -0.2) is 0 Å². The van der Waals surface area contributed by atoms with Crippen LogP contribution in [0.4, 0.5) is 0 Å². The summed E-state index contributed by atoms with van der Waals surface area (Å²) in [5.41, 5.74) is 3.64. The lowest BCUT2D eigenvalue weighted by Gasteiger charge is -2.35. The van der Waals surface area contributed by atoms with Crippen LogP contribution in [0.25, 0.3) is 47.7 Å². The summed E-state index contributed by atoms with van der Waals surface area (Å²) in [6.07, 6.45) is 0. The number of fused-ring (bicyclic) bond motifs is 6. The molecule has 0 fully saturated rings. The summed E-state index contributed by atoms with van der Waals surface area (Å²) in [5, 5.41) is 10.9. The third kappa shape index (κ3) is 3.91. The molecule has 9 aromatic rings. The average Bonchev–Trinajstić information content (AvgIpc) is 3.66. The van der Waals surface area contributed by atoms with Gasteiger partial charge in [0.15, 0.2) is 8.07 Å². The Morgan fingerprint density at radius 1 is 0.400 bits per heavy atom. The number of nitrogens with zero attached hydrogens (tertiary/aromatic N) is 1. The van der Waals surface area contributed by atoms with Crippen LogP contribution in [-0.4, -0.2) is 12.6 Å². The lowest BCUT2D eigenvalue weighted by atomic mass is 10.1. The van der Waals surface area contributed by atoms with Crippen LogP contribution >= 0.6 is 11.3 Å². The van der Waals surface area contributed by atoms with Gasteiger partial charge in [-0.3, -0.25) is 0 Å². The summed E-state index contributed by atoms with van der Waals surface area (Å²) >= 11 is 1.94. The molecule has 0 saturated carbocycles. The van der Waals surface area contributed by atoms with E-state index in [-0.39, 0.29) is 0 Å². The van der Waals surface area contributed by atoms with E-state index in [1.807, 2.05) is 11.3 Å². The van der Waals surface area contributed by atoms with Gasteiger partial charge in [0.2, 0.25) is 0 Å². The number of rotatable bonds is 5. The quantitative estimate of drug-likeness (QED) is 0.137. The first-order valence-electron chi connectivity index (χ1n) is 15.4. The van der Waals surface area contributed by atoms with Crippen molar-refractivity contribution in [1.29, 1.82) is 0 Å². The van der Waals surface area contributed by atoms with Crippen LogP contribution in [-0.2, 0) is 0 Å². The summed E-state index contributed by atoms with van der Waals surface area (Å²) in [5.74, 6) is 0. The van der Waals surface area contributed by atoms with Crippen LogP contribution in [0, 0.1) is 0 Å². The molecule has 0 spiro atoms. The molecule has 0 amide bonds. The van der Waals surface area contributed by atoms with Gasteiger partial charge in [0.1, 0.15) is 0 Å². The van der Waals surface area contributed by atoms with Crippen molar-refractivity contribution in [3.8, 4) is 5.69 Å². The fourth-order valence-corrected chi connectivity index (χ4v) is 14.0. The van der Waals surface area contributed by atoms with Crippen molar-refractivity contribution in [2.24, 2.45) is 0 Å². The highest BCUT2D eigenvalue weighted by Crippen LogP contribution is 2.35. The van der Waals surface area contributed by atoms with E-state index < -0.39 is 8.07 Å². The van der Waals surface area contributed by atoms with E-state index in [2.05, 4.69) is 180 Å². The van der Waals surface area contributed by atoms with Crippen molar-refractivity contribution >= 4 is 82.1 Å². The molecule has 2 heterocycles. The molecule has 0 aliphatic carbocycles. The number of hydrogen-bond acceptors (Lipinski definition) is 1. The minimum absolute atomic E-state index is 1.18. The zero-order chi connectivity index (χ0) is 29.8. The number of benzene rings is 7. The van der Waals surface area contributed by atoms with Gasteiger partial charge in [0, 0.05) is 36.6 Å². The maximum Gasteiger partial charge on any atom is 0.181 e. The molecular weight excluding hydrogens is 579 g/mol. The molecule has 45 heavy (non-hydrogen) atoms. The Morgan fingerprint density at radius 3 is 1.71 bits per heavy atom. The molecule has 0 aliphatic heterocycles. The van der Waals surface area contributed by atoms with Crippen molar-refractivity contribution in [3.05, 3.63) is 176 Å². The molecular formula is C42H29NSSi. The molecule has 0 aliphatic rings. The number of thiophene rings is 1. The molecule has 0 atom stereocenters. The molecule has 0 bridgehead atoms. The van der Waals surface area contributed by atoms with Crippen molar-refractivity contribution in [1.82, 2.24) is 4.57 Å². The molecule has 0 unspecified atom stereocenters. The molecule has 1 nitrogen and oxygen atoms in total. The number of hydrogen-bond donors (Lipinski definition) is 0. The third-order valence-electron chi connectivity index (χ3n) is 9.34. The predicted molar refractivity (Wildman–Crippen MR) is 197 cm³/mol. The lowest BCUT2D eigenvalue weighted by Crippen LogP contribution is -2.74. The highest BCUT2D eigenvalue weighted by atomic mass is 32.1. The van der Waals surface area contributed by atoms with Gasteiger partial charge in [0.25, 0.3) is 0 Å². The van der Waals surface area contributed by atoms with Gasteiger partial charge in [-0.15, -0.1) is 11.3 Å². The van der Waals surface area contributed by atoms with Crippen LogP contribution in [0.15, 0.2) is 176 Å². The average molecular weight is 608 g/mol. The monoisotopic (exact) mass is 607 g/mol. The number of para-hydroxylation sites is 2. The van der Waals surface area contributed by atoms with E-state index in [4.69, 9.17) is 0 Å². The first kappa shape index (κ1) is 26.2. The molecule has 0 N–H and O–H groups in total. The fraction of sp³-hybridized carbons (Fsp3) is 0. The van der Waals surface area contributed by atoms with E-state index in [1.54, 1.807) is 0 Å². The lowest BCUT2D eigenvalue weighted by molar-refractivity contribution is 1.18. The molecule has 7 aromatic carbocycles. The second kappa shape index (κ2) is 10.4. The molecule has 3 heteroatoms. The maximum absolute atomic E-state index is 2.80. The summed E-state index contributed by atoms with van der Waals surface area (Å²) in [6, 6.07) is 65.4. The van der Waals surface area contributed by atoms with Gasteiger partial charge in [-0.1, -0.05) is 146 Å². The Bertz CT molecular complexity index is 2440. The molecule has 9 rings (SSSR count). The minimum Gasteiger partial charge on any atom is -0.309 e. The minimum atomic E-state index is -2.80. The molecule has 0 radical (unpaired) electrons. The Balaban J connectivity index is 1.45. The largest absolute Gasteiger partial charge is 0.309 e. The Morgan fingerprint density at radius 2 is 0.978 bits per heavy atom. The van der Waals surface area contributed by atoms with Gasteiger partial charge < -0.3 is 4.57 Å². The highest BCUT2D eigenvalue weighted by molar-refractivity contribution is 7.30. The summed E-state index contributed by atoms with van der Waals surface area (Å²) in [4.78, 5) is 0. The smallest absolute Gasteiger partial charge is 0.181 e. The van der Waals surface area contributed by atoms with E-state index >= 15 is 0 Å². The molecule has 212 valence electrons. The SMILES string of the molecule is c1ccc(-n2c3ccccc3c3cc([Si](c4ccccc4)(c4ccccc4)c4cccc5c4sc4ccccc45)ccc32)cc1. The highest BCUT2D eigenvalue weighted by Gasteiger charge is 2.43. The Hall–Kier alpha value is -5.22. The van der Waals surface area contributed by atoms with Crippen LogP contribution < -0.4 is 20.7 Å². The Kier molecular flexibility index (Phi) is 6.08.